The standard InChI is InChI=1S/C19H19N3O2/c23-19(21-16-11-14-5-6-15(16)20-14)13-4-3-12-10-18(24-17(12)9-13)22-7-1-2-8-22/h1-4,7-10,14-16,20H,5-6,11H2,(H,21,23)/t14-,15+,16-/m1/s1. The van der Waals surface area contributed by atoms with Crippen molar-refractivity contribution in [3.05, 3.63) is 54.4 Å². The molecule has 1 amide bonds. The Morgan fingerprint density at radius 3 is 2.83 bits per heavy atom. The number of nitrogens with one attached hydrogen (secondary N) is 2. The Kier molecular flexibility index (Phi) is 3.03. The van der Waals surface area contributed by atoms with E-state index in [0.717, 1.165) is 29.7 Å². The molecule has 0 aliphatic carbocycles. The molecule has 5 nitrogen and oxygen atoms in total. The average molecular weight is 321 g/mol. The fraction of sp³-hybridized carbons (Fsp3) is 0.316. The molecular weight excluding hydrogens is 302 g/mol. The van der Waals surface area contributed by atoms with E-state index in [1.54, 1.807) is 0 Å². The lowest BCUT2D eigenvalue weighted by molar-refractivity contribution is 0.0931. The third-order valence-corrected chi connectivity index (χ3v) is 5.24. The highest BCUT2D eigenvalue weighted by Gasteiger charge is 2.39. The summed E-state index contributed by atoms with van der Waals surface area (Å²) in [6.07, 6.45) is 7.31. The molecule has 3 atom stereocenters. The second-order valence-electron chi connectivity index (χ2n) is 6.79. The van der Waals surface area contributed by atoms with E-state index >= 15 is 0 Å². The first-order valence-corrected chi connectivity index (χ1v) is 8.50. The zero-order valence-electron chi connectivity index (χ0n) is 13.2. The van der Waals surface area contributed by atoms with Gasteiger partial charge >= 0.3 is 0 Å². The summed E-state index contributed by atoms with van der Waals surface area (Å²) in [7, 11) is 0. The van der Waals surface area contributed by atoms with Gasteiger partial charge in [0.15, 0.2) is 0 Å². The quantitative estimate of drug-likeness (QED) is 0.780. The summed E-state index contributed by atoms with van der Waals surface area (Å²) < 4.78 is 7.81. The zero-order chi connectivity index (χ0) is 16.1. The highest BCUT2D eigenvalue weighted by molar-refractivity contribution is 5.98. The van der Waals surface area contributed by atoms with Gasteiger partial charge < -0.3 is 15.1 Å². The third-order valence-electron chi connectivity index (χ3n) is 5.24. The number of nitrogens with zero attached hydrogens (tertiary/aromatic N) is 1. The summed E-state index contributed by atoms with van der Waals surface area (Å²) in [6, 6.07) is 12.8. The van der Waals surface area contributed by atoms with E-state index in [2.05, 4.69) is 10.6 Å². The van der Waals surface area contributed by atoms with Crippen molar-refractivity contribution in [2.24, 2.45) is 0 Å². The topological polar surface area (TPSA) is 59.2 Å². The van der Waals surface area contributed by atoms with Gasteiger partial charge in [-0.05, 0) is 43.5 Å². The molecule has 2 aliphatic heterocycles. The van der Waals surface area contributed by atoms with E-state index in [0.29, 0.717) is 17.6 Å². The van der Waals surface area contributed by atoms with Gasteiger partial charge in [0, 0.05) is 47.5 Å². The molecule has 5 heteroatoms. The number of amides is 1. The van der Waals surface area contributed by atoms with Crippen LogP contribution in [0.15, 0.2) is 53.2 Å². The molecule has 2 aliphatic rings. The van der Waals surface area contributed by atoms with Crippen LogP contribution in [0.25, 0.3) is 16.9 Å². The second-order valence-corrected chi connectivity index (χ2v) is 6.79. The van der Waals surface area contributed by atoms with Gasteiger partial charge in [-0.1, -0.05) is 6.07 Å². The van der Waals surface area contributed by atoms with E-state index in [1.165, 1.54) is 6.42 Å². The lowest BCUT2D eigenvalue weighted by Gasteiger charge is -2.21. The third kappa shape index (κ3) is 2.24. The van der Waals surface area contributed by atoms with Crippen LogP contribution in [0, 0.1) is 0 Å². The van der Waals surface area contributed by atoms with Gasteiger partial charge in [0.1, 0.15) is 5.58 Å². The molecular formula is C19H19N3O2. The van der Waals surface area contributed by atoms with Crippen LogP contribution < -0.4 is 10.6 Å². The Morgan fingerprint density at radius 2 is 2.08 bits per heavy atom. The summed E-state index contributed by atoms with van der Waals surface area (Å²) in [5, 5.41) is 7.72. The summed E-state index contributed by atoms with van der Waals surface area (Å²) in [6.45, 7) is 0. The zero-order valence-corrected chi connectivity index (χ0v) is 13.2. The Bertz CT molecular complexity index is 897. The smallest absolute Gasteiger partial charge is 0.251 e. The van der Waals surface area contributed by atoms with Gasteiger partial charge in [-0.15, -0.1) is 0 Å². The SMILES string of the molecule is O=C(N[C@@H]1C[C@H]2CC[C@@H]1N2)c1ccc2cc(-n3cccc3)oc2c1. The van der Waals surface area contributed by atoms with Gasteiger partial charge in [0.25, 0.3) is 5.91 Å². The maximum atomic E-state index is 12.6. The predicted octanol–water partition coefficient (Wildman–Crippen LogP) is 2.85. The largest absolute Gasteiger partial charge is 0.440 e. The van der Waals surface area contributed by atoms with Crippen LogP contribution in [0.1, 0.15) is 29.6 Å². The number of aromatic nitrogens is 1. The molecule has 0 unspecified atom stereocenters. The molecule has 0 spiro atoms. The van der Waals surface area contributed by atoms with Gasteiger partial charge in [-0.25, -0.2) is 0 Å². The lowest BCUT2D eigenvalue weighted by Crippen LogP contribution is -2.42. The number of rotatable bonds is 3. The maximum Gasteiger partial charge on any atom is 0.251 e. The molecule has 24 heavy (non-hydrogen) atoms. The molecule has 0 saturated carbocycles. The van der Waals surface area contributed by atoms with Crippen molar-refractivity contribution in [1.82, 2.24) is 15.2 Å². The van der Waals surface area contributed by atoms with E-state index in [1.807, 2.05) is 53.4 Å². The summed E-state index contributed by atoms with van der Waals surface area (Å²) in [5.41, 5.74) is 1.39. The fourth-order valence-corrected chi connectivity index (χ4v) is 4.00. The molecule has 0 radical (unpaired) electrons. The molecule has 1 aromatic carbocycles. The molecule has 2 aromatic heterocycles. The van der Waals surface area contributed by atoms with Crippen LogP contribution in [0.3, 0.4) is 0 Å². The molecule has 4 heterocycles. The number of hydrogen-bond acceptors (Lipinski definition) is 3. The van der Waals surface area contributed by atoms with Crippen LogP contribution >= 0.6 is 0 Å². The van der Waals surface area contributed by atoms with Crippen LogP contribution in [0.2, 0.25) is 0 Å². The lowest BCUT2D eigenvalue weighted by atomic mass is 9.95. The molecule has 3 aromatic rings. The number of carbonyl (C=O) groups excluding carboxylic acids is 1. The van der Waals surface area contributed by atoms with Gasteiger partial charge in [-0.3, -0.25) is 9.36 Å². The van der Waals surface area contributed by atoms with Gasteiger partial charge in [-0.2, -0.15) is 0 Å². The van der Waals surface area contributed by atoms with Crippen molar-refractivity contribution in [1.29, 1.82) is 0 Å². The highest BCUT2D eigenvalue weighted by Crippen LogP contribution is 2.29. The molecule has 2 fully saturated rings. The molecule has 2 bridgehead atoms. The normalized spacial score (nSPS) is 25.4. The van der Waals surface area contributed by atoms with Crippen molar-refractivity contribution in [2.45, 2.75) is 37.4 Å². The minimum Gasteiger partial charge on any atom is -0.440 e. The number of carbonyl (C=O) groups is 1. The number of hydrogen-bond donors (Lipinski definition) is 2. The van der Waals surface area contributed by atoms with Crippen molar-refractivity contribution in [3.63, 3.8) is 0 Å². The summed E-state index contributed by atoms with van der Waals surface area (Å²) >= 11 is 0. The van der Waals surface area contributed by atoms with Crippen LogP contribution in [-0.4, -0.2) is 28.6 Å². The number of benzene rings is 1. The van der Waals surface area contributed by atoms with Crippen LogP contribution in [0.5, 0.6) is 0 Å². The monoisotopic (exact) mass is 321 g/mol. The van der Waals surface area contributed by atoms with Crippen molar-refractivity contribution in [3.8, 4) is 5.88 Å². The van der Waals surface area contributed by atoms with Crippen LogP contribution in [-0.2, 0) is 0 Å². The Labute approximate surface area is 139 Å². The predicted molar refractivity (Wildman–Crippen MR) is 91.4 cm³/mol. The minimum atomic E-state index is -0.0184. The second kappa shape index (κ2) is 5.24. The molecule has 5 rings (SSSR count). The van der Waals surface area contributed by atoms with Crippen LogP contribution in [0.4, 0.5) is 0 Å². The van der Waals surface area contributed by atoms with Crippen molar-refractivity contribution < 1.29 is 9.21 Å². The molecule has 122 valence electrons. The number of fused-ring (bicyclic) bond motifs is 3. The first-order valence-electron chi connectivity index (χ1n) is 8.50. The minimum absolute atomic E-state index is 0.0184. The Balaban J connectivity index is 1.39. The average Bonchev–Trinajstić information content (AvgIpc) is 3.35. The van der Waals surface area contributed by atoms with Crippen molar-refractivity contribution >= 4 is 16.9 Å². The Hall–Kier alpha value is -2.53. The summed E-state index contributed by atoms with van der Waals surface area (Å²) in [5.74, 6) is 0.736. The molecule has 2 saturated heterocycles. The fourth-order valence-electron chi connectivity index (χ4n) is 4.00. The first-order chi connectivity index (χ1) is 11.8. The number of furan rings is 1. The van der Waals surface area contributed by atoms with E-state index in [4.69, 9.17) is 4.42 Å². The first kappa shape index (κ1) is 13.9. The van der Waals surface area contributed by atoms with Gasteiger partial charge in [0.2, 0.25) is 5.88 Å². The maximum absolute atomic E-state index is 12.6. The van der Waals surface area contributed by atoms with Crippen molar-refractivity contribution in [2.75, 3.05) is 0 Å². The van der Waals surface area contributed by atoms with E-state index in [-0.39, 0.29) is 11.9 Å². The van der Waals surface area contributed by atoms with E-state index in [9.17, 15) is 4.79 Å². The van der Waals surface area contributed by atoms with Gasteiger partial charge in [0.05, 0.1) is 0 Å². The Morgan fingerprint density at radius 1 is 1.21 bits per heavy atom. The molecule has 2 N–H and O–H groups in total. The summed E-state index contributed by atoms with van der Waals surface area (Å²) in [4.78, 5) is 12.6. The highest BCUT2D eigenvalue weighted by atomic mass is 16.4. The van der Waals surface area contributed by atoms with E-state index < -0.39 is 0 Å².